The number of rotatable bonds is 8. The third kappa shape index (κ3) is 5.42. The van der Waals surface area contributed by atoms with Crippen LogP contribution in [0.15, 0.2) is 28.8 Å². The second-order valence-corrected chi connectivity index (χ2v) is 8.76. The number of nitrogens with one attached hydrogen (secondary N) is 1. The van der Waals surface area contributed by atoms with E-state index >= 15 is 0 Å². The molecule has 29 heavy (non-hydrogen) atoms. The molecule has 1 aliphatic rings. The van der Waals surface area contributed by atoms with Crippen molar-refractivity contribution in [2.24, 2.45) is 0 Å². The largest absolute Gasteiger partial charge is 0.356 e. The van der Waals surface area contributed by atoms with E-state index in [0.29, 0.717) is 36.1 Å². The standard InChI is InChI=1S/C21H23ClN4O2S/c22-15-9-7-14(8-10-15)21-25-19(28-26-21)12-11-18(27)23-13-3-6-20-24-16-4-1-2-5-17(16)29-20/h7-10H,1-6,11-13H2,(H,23,27). The molecule has 6 nitrogen and oxygen atoms in total. The molecule has 0 aliphatic heterocycles. The van der Waals surface area contributed by atoms with Crippen LogP contribution >= 0.6 is 22.9 Å². The minimum absolute atomic E-state index is 0.00493. The van der Waals surface area contributed by atoms with Gasteiger partial charge < -0.3 is 9.84 Å². The Morgan fingerprint density at radius 3 is 2.79 bits per heavy atom. The van der Waals surface area contributed by atoms with Gasteiger partial charge in [0.25, 0.3) is 0 Å². The van der Waals surface area contributed by atoms with Crippen molar-refractivity contribution in [2.75, 3.05) is 6.54 Å². The molecule has 0 saturated carbocycles. The molecular formula is C21H23ClN4O2S. The van der Waals surface area contributed by atoms with Crippen molar-refractivity contribution in [3.63, 3.8) is 0 Å². The molecule has 0 atom stereocenters. The lowest BCUT2D eigenvalue weighted by Crippen LogP contribution is -2.25. The molecule has 152 valence electrons. The molecule has 2 heterocycles. The first-order valence-electron chi connectivity index (χ1n) is 10.00. The number of benzene rings is 1. The van der Waals surface area contributed by atoms with Crippen molar-refractivity contribution in [3.8, 4) is 11.4 Å². The summed E-state index contributed by atoms with van der Waals surface area (Å²) in [6.07, 6.45) is 7.42. The fourth-order valence-electron chi connectivity index (χ4n) is 3.36. The van der Waals surface area contributed by atoms with Gasteiger partial charge in [-0.05, 0) is 56.4 Å². The summed E-state index contributed by atoms with van der Waals surface area (Å²) >= 11 is 7.73. The number of amides is 1. The van der Waals surface area contributed by atoms with Gasteiger partial charge in [-0.2, -0.15) is 4.98 Å². The van der Waals surface area contributed by atoms with Gasteiger partial charge in [-0.15, -0.1) is 11.3 Å². The minimum atomic E-state index is -0.00493. The minimum Gasteiger partial charge on any atom is -0.356 e. The molecule has 3 aromatic rings. The number of hydrogen-bond acceptors (Lipinski definition) is 6. The molecule has 2 aromatic heterocycles. The fourth-order valence-corrected chi connectivity index (χ4v) is 4.69. The van der Waals surface area contributed by atoms with Crippen molar-refractivity contribution >= 4 is 28.8 Å². The number of thiazole rings is 1. The van der Waals surface area contributed by atoms with Crippen LogP contribution in [0.2, 0.25) is 5.02 Å². The van der Waals surface area contributed by atoms with E-state index in [1.54, 1.807) is 12.1 Å². The van der Waals surface area contributed by atoms with Crippen LogP contribution in [0.25, 0.3) is 11.4 Å². The maximum Gasteiger partial charge on any atom is 0.227 e. The Morgan fingerprint density at radius 1 is 1.14 bits per heavy atom. The topological polar surface area (TPSA) is 80.9 Å². The first kappa shape index (κ1) is 20.0. The van der Waals surface area contributed by atoms with Crippen LogP contribution in [0.4, 0.5) is 0 Å². The van der Waals surface area contributed by atoms with E-state index in [1.165, 1.54) is 34.8 Å². The summed E-state index contributed by atoms with van der Waals surface area (Å²) in [7, 11) is 0. The summed E-state index contributed by atoms with van der Waals surface area (Å²) in [6, 6.07) is 7.23. The van der Waals surface area contributed by atoms with Gasteiger partial charge in [-0.25, -0.2) is 4.98 Å². The molecule has 4 rings (SSSR count). The van der Waals surface area contributed by atoms with Crippen LogP contribution in [0.3, 0.4) is 0 Å². The van der Waals surface area contributed by atoms with Gasteiger partial charge in [0, 0.05) is 41.3 Å². The van der Waals surface area contributed by atoms with E-state index in [-0.39, 0.29) is 5.91 Å². The maximum absolute atomic E-state index is 12.1. The molecule has 0 spiro atoms. The highest BCUT2D eigenvalue weighted by molar-refractivity contribution is 7.11. The van der Waals surface area contributed by atoms with E-state index in [9.17, 15) is 4.79 Å². The number of aryl methyl sites for hydroxylation is 4. The predicted molar refractivity (Wildman–Crippen MR) is 113 cm³/mol. The Hall–Kier alpha value is -2.25. The Labute approximate surface area is 178 Å². The molecule has 0 fully saturated rings. The summed E-state index contributed by atoms with van der Waals surface area (Å²) in [4.78, 5) is 22.6. The van der Waals surface area contributed by atoms with Crippen LogP contribution in [-0.4, -0.2) is 27.6 Å². The molecular weight excluding hydrogens is 408 g/mol. The third-order valence-corrected chi connectivity index (χ3v) is 6.39. The van der Waals surface area contributed by atoms with Crippen molar-refractivity contribution in [3.05, 3.63) is 50.8 Å². The van der Waals surface area contributed by atoms with Crippen LogP contribution in [0.5, 0.6) is 0 Å². The highest BCUT2D eigenvalue weighted by Gasteiger charge is 2.15. The molecule has 1 amide bonds. The van der Waals surface area contributed by atoms with Gasteiger partial charge >= 0.3 is 0 Å². The van der Waals surface area contributed by atoms with Crippen molar-refractivity contribution < 1.29 is 9.32 Å². The summed E-state index contributed by atoms with van der Waals surface area (Å²) in [5, 5.41) is 8.78. The number of halogens is 1. The number of nitrogens with zero attached hydrogens (tertiary/aromatic N) is 3. The predicted octanol–water partition coefficient (Wildman–Crippen LogP) is 4.41. The van der Waals surface area contributed by atoms with E-state index in [1.807, 2.05) is 23.5 Å². The Bertz CT molecular complexity index is 944. The van der Waals surface area contributed by atoms with Crippen LogP contribution < -0.4 is 5.32 Å². The molecule has 0 radical (unpaired) electrons. The fraction of sp³-hybridized carbons (Fsp3) is 0.429. The number of hydrogen-bond donors (Lipinski definition) is 1. The zero-order chi connectivity index (χ0) is 20.1. The SMILES string of the molecule is O=C(CCc1nc(-c2ccc(Cl)cc2)no1)NCCCc1nc2c(s1)CCCC2. The Kier molecular flexibility index (Phi) is 6.56. The Morgan fingerprint density at radius 2 is 1.97 bits per heavy atom. The van der Waals surface area contributed by atoms with E-state index in [0.717, 1.165) is 24.8 Å². The number of aromatic nitrogens is 3. The van der Waals surface area contributed by atoms with Crippen molar-refractivity contribution in [1.82, 2.24) is 20.4 Å². The Balaban J connectivity index is 1.17. The number of carbonyl (C=O) groups is 1. The summed E-state index contributed by atoms with van der Waals surface area (Å²) in [6.45, 7) is 0.656. The molecule has 0 bridgehead atoms. The average Bonchev–Trinajstić information content (AvgIpc) is 3.37. The lowest BCUT2D eigenvalue weighted by molar-refractivity contribution is -0.121. The molecule has 0 saturated heterocycles. The molecule has 0 unspecified atom stereocenters. The zero-order valence-corrected chi connectivity index (χ0v) is 17.7. The van der Waals surface area contributed by atoms with E-state index in [4.69, 9.17) is 21.1 Å². The normalized spacial score (nSPS) is 13.3. The monoisotopic (exact) mass is 430 g/mol. The van der Waals surface area contributed by atoms with Gasteiger partial charge in [0.15, 0.2) is 0 Å². The first-order chi connectivity index (χ1) is 14.2. The summed E-state index contributed by atoms with van der Waals surface area (Å²) in [5.41, 5.74) is 2.13. The van der Waals surface area contributed by atoms with Crippen molar-refractivity contribution in [2.45, 2.75) is 51.4 Å². The van der Waals surface area contributed by atoms with Crippen LogP contribution in [-0.2, 0) is 30.5 Å². The van der Waals surface area contributed by atoms with E-state index < -0.39 is 0 Å². The lowest BCUT2D eigenvalue weighted by Gasteiger charge is -2.06. The van der Waals surface area contributed by atoms with Gasteiger partial charge in [-0.1, -0.05) is 16.8 Å². The van der Waals surface area contributed by atoms with Gasteiger partial charge in [0.05, 0.1) is 10.7 Å². The van der Waals surface area contributed by atoms with Crippen LogP contribution in [0, 0.1) is 0 Å². The van der Waals surface area contributed by atoms with Crippen LogP contribution in [0.1, 0.15) is 47.2 Å². The summed E-state index contributed by atoms with van der Waals surface area (Å²) in [5.74, 6) is 0.955. The molecule has 1 N–H and O–H groups in total. The molecule has 1 aromatic carbocycles. The quantitative estimate of drug-likeness (QED) is 0.535. The number of fused-ring (bicyclic) bond motifs is 1. The molecule has 8 heteroatoms. The third-order valence-electron chi connectivity index (χ3n) is 4.92. The number of carbonyl (C=O) groups excluding carboxylic acids is 1. The van der Waals surface area contributed by atoms with Gasteiger partial charge in [-0.3, -0.25) is 4.79 Å². The smallest absolute Gasteiger partial charge is 0.227 e. The first-order valence-corrected chi connectivity index (χ1v) is 11.2. The van der Waals surface area contributed by atoms with Crippen molar-refractivity contribution in [1.29, 1.82) is 0 Å². The average molecular weight is 431 g/mol. The maximum atomic E-state index is 12.1. The second-order valence-electron chi connectivity index (χ2n) is 7.16. The second kappa shape index (κ2) is 9.50. The van der Waals surface area contributed by atoms with Gasteiger partial charge in [0.2, 0.25) is 17.6 Å². The summed E-state index contributed by atoms with van der Waals surface area (Å²) < 4.78 is 5.24. The van der Waals surface area contributed by atoms with E-state index in [2.05, 4.69) is 15.5 Å². The zero-order valence-electron chi connectivity index (χ0n) is 16.1. The highest BCUT2D eigenvalue weighted by Crippen LogP contribution is 2.27. The lowest BCUT2D eigenvalue weighted by atomic mass is 10.0. The van der Waals surface area contributed by atoms with Gasteiger partial charge in [0.1, 0.15) is 0 Å². The highest BCUT2D eigenvalue weighted by atomic mass is 35.5. The molecule has 1 aliphatic carbocycles.